The molecule has 0 unspecified atom stereocenters. The molecule has 96 valence electrons. The van der Waals surface area contributed by atoms with Crippen LogP contribution in [0.15, 0.2) is 30.8 Å². The van der Waals surface area contributed by atoms with E-state index in [1.165, 1.54) is 20.0 Å². The van der Waals surface area contributed by atoms with Crippen molar-refractivity contribution in [1.29, 1.82) is 0 Å². The summed E-state index contributed by atoms with van der Waals surface area (Å²) in [5.41, 5.74) is 2.47. The maximum atomic E-state index is 11.6. The van der Waals surface area contributed by atoms with Gasteiger partial charge in [-0.1, -0.05) is 37.3 Å². The molecule has 0 aromatic heterocycles. The fraction of sp³-hybridized carbons (Fsp3) is 0.400. The zero-order chi connectivity index (χ0) is 13.0. The highest BCUT2D eigenvalue weighted by atomic mass is 16.5. The quantitative estimate of drug-likeness (QED) is 0.657. The highest BCUT2D eigenvalue weighted by Crippen LogP contribution is 2.29. The molecule has 1 aromatic carbocycles. The lowest BCUT2D eigenvalue weighted by molar-refractivity contribution is -0.133. The van der Waals surface area contributed by atoms with Gasteiger partial charge in [0.2, 0.25) is 0 Å². The van der Waals surface area contributed by atoms with Crippen molar-refractivity contribution in [2.24, 2.45) is 0 Å². The third-order valence-corrected chi connectivity index (χ3v) is 3.40. The SMILES string of the molecule is C=C(C(=O)OC)c1ccccc1[C@@H]1CCCCN1. The van der Waals surface area contributed by atoms with Gasteiger partial charge < -0.3 is 10.1 Å². The highest BCUT2D eigenvalue weighted by Gasteiger charge is 2.20. The standard InChI is InChI=1S/C15H19NO2/c1-11(15(17)18-2)12-7-3-4-8-13(12)14-9-5-6-10-16-14/h3-4,7-8,14,16H,1,5-6,9-10H2,2H3/t14-/m0/s1. The molecule has 1 aliphatic heterocycles. The molecule has 0 radical (unpaired) electrons. The summed E-state index contributed by atoms with van der Waals surface area (Å²) < 4.78 is 4.75. The molecule has 3 heteroatoms. The van der Waals surface area contributed by atoms with Crippen molar-refractivity contribution in [1.82, 2.24) is 5.32 Å². The molecular formula is C15H19NO2. The molecule has 1 aromatic rings. The fourth-order valence-corrected chi connectivity index (χ4v) is 2.43. The van der Waals surface area contributed by atoms with Gasteiger partial charge >= 0.3 is 5.97 Å². The molecule has 0 aliphatic carbocycles. The van der Waals surface area contributed by atoms with Crippen LogP contribution in [0.3, 0.4) is 0 Å². The molecule has 2 rings (SSSR count). The minimum atomic E-state index is -0.363. The van der Waals surface area contributed by atoms with Crippen LogP contribution in [0.25, 0.3) is 5.57 Å². The number of carbonyl (C=O) groups excluding carboxylic acids is 1. The van der Waals surface area contributed by atoms with Gasteiger partial charge in [0.05, 0.1) is 12.7 Å². The van der Waals surface area contributed by atoms with Gasteiger partial charge in [-0.15, -0.1) is 0 Å². The molecule has 1 saturated heterocycles. The number of piperidine rings is 1. The Bertz CT molecular complexity index is 448. The topological polar surface area (TPSA) is 38.3 Å². The van der Waals surface area contributed by atoms with E-state index < -0.39 is 0 Å². The molecule has 18 heavy (non-hydrogen) atoms. The molecule has 0 amide bonds. The molecular weight excluding hydrogens is 226 g/mol. The van der Waals surface area contributed by atoms with E-state index in [1.54, 1.807) is 0 Å². The minimum Gasteiger partial charge on any atom is -0.465 e. The molecule has 0 bridgehead atoms. The van der Waals surface area contributed by atoms with Crippen LogP contribution in [0.4, 0.5) is 0 Å². The molecule has 1 fully saturated rings. The molecule has 0 spiro atoms. The molecule has 1 heterocycles. The van der Waals surface area contributed by atoms with Crippen LogP contribution < -0.4 is 5.32 Å². The van der Waals surface area contributed by atoms with Gasteiger partial charge in [0.25, 0.3) is 0 Å². The predicted octanol–water partition coefficient (Wildman–Crippen LogP) is 2.69. The van der Waals surface area contributed by atoms with Gasteiger partial charge in [-0.2, -0.15) is 0 Å². The maximum absolute atomic E-state index is 11.6. The smallest absolute Gasteiger partial charge is 0.337 e. The van der Waals surface area contributed by atoms with Crippen LogP contribution in [-0.4, -0.2) is 19.6 Å². The van der Waals surface area contributed by atoms with Crippen LogP contribution in [-0.2, 0) is 9.53 Å². The monoisotopic (exact) mass is 245 g/mol. The summed E-state index contributed by atoms with van der Waals surface area (Å²) in [4.78, 5) is 11.6. The lowest BCUT2D eigenvalue weighted by Gasteiger charge is -2.26. The zero-order valence-corrected chi connectivity index (χ0v) is 10.7. The summed E-state index contributed by atoms with van der Waals surface area (Å²) in [6.07, 6.45) is 3.54. The molecule has 1 aliphatic rings. The van der Waals surface area contributed by atoms with Gasteiger partial charge in [0.1, 0.15) is 0 Å². The largest absolute Gasteiger partial charge is 0.465 e. The normalized spacial score (nSPS) is 19.3. The maximum Gasteiger partial charge on any atom is 0.337 e. The summed E-state index contributed by atoms with van der Waals surface area (Å²) in [7, 11) is 1.38. The van der Waals surface area contributed by atoms with E-state index in [0.29, 0.717) is 11.6 Å². The van der Waals surface area contributed by atoms with Crippen LogP contribution in [0.5, 0.6) is 0 Å². The zero-order valence-electron chi connectivity index (χ0n) is 10.7. The average molecular weight is 245 g/mol. The first-order valence-electron chi connectivity index (χ1n) is 6.34. The number of carbonyl (C=O) groups is 1. The van der Waals surface area contributed by atoms with Crippen molar-refractivity contribution in [3.63, 3.8) is 0 Å². The van der Waals surface area contributed by atoms with Gasteiger partial charge in [0, 0.05) is 6.04 Å². The van der Waals surface area contributed by atoms with E-state index in [0.717, 1.165) is 24.1 Å². The molecule has 0 saturated carbocycles. The second-order valence-electron chi connectivity index (χ2n) is 4.56. The van der Waals surface area contributed by atoms with Crippen molar-refractivity contribution in [3.8, 4) is 0 Å². The van der Waals surface area contributed by atoms with Crippen molar-refractivity contribution < 1.29 is 9.53 Å². The molecule has 1 atom stereocenters. The van der Waals surface area contributed by atoms with Crippen molar-refractivity contribution in [2.45, 2.75) is 25.3 Å². The van der Waals surface area contributed by atoms with E-state index in [4.69, 9.17) is 4.74 Å². The van der Waals surface area contributed by atoms with E-state index in [9.17, 15) is 4.79 Å². The Labute approximate surface area is 108 Å². The molecule has 1 N–H and O–H groups in total. The van der Waals surface area contributed by atoms with Crippen molar-refractivity contribution >= 4 is 11.5 Å². The van der Waals surface area contributed by atoms with Crippen LogP contribution in [0.1, 0.15) is 36.4 Å². The number of esters is 1. The first-order chi connectivity index (χ1) is 8.74. The summed E-state index contributed by atoms with van der Waals surface area (Å²) in [6, 6.07) is 8.24. The first kappa shape index (κ1) is 12.8. The summed E-state index contributed by atoms with van der Waals surface area (Å²) in [6.45, 7) is 4.88. The Kier molecular flexibility index (Phi) is 4.15. The highest BCUT2D eigenvalue weighted by molar-refractivity contribution is 6.16. The Morgan fingerprint density at radius 2 is 2.17 bits per heavy atom. The van der Waals surface area contributed by atoms with Gasteiger partial charge in [-0.05, 0) is 30.5 Å². The number of hydrogen-bond acceptors (Lipinski definition) is 3. The van der Waals surface area contributed by atoms with E-state index >= 15 is 0 Å². The van der Waals surface area contributed by atoms with E-state index in [-0.39, 0.29) is 5.97 Å². The molecule has 3 nitrogen and oxygen atoms in total. The van der Waals surface area contributed by atoms with Crippen molar-refractivity contribution in [2.75, 3.05) is 13.7 Å². The summed E-state index contributed by atoms with van der Waals surface area (Å²) in [5, 5.41) is 3.49. The Balaban J connectivity index is 2.30. The van der Waals surface area contributed by atoms with Crippen LogP contribution >= 0.6 is 0 Å². The second-order valence-corrected chi connectivity index (χ2v) is 4.56. The number of ether oxygens (including phenoxy) is 1. The van der Waals surface area contributed by atoms with Crippen LogP contribution in [0, 0.1) is 0 Å². The summed E-state index contributed by atoms with van der Waals surface area (Å²) in [5.74, 6) is -0.363. The number of methoxy groups -OCH3 is 1. The van der Waals surface area contributed by atoms with Crippen LogP contribution in [0.2, 0.25) is 0 Å². The Morgan fingerprint density at radius 3 is 2.83 bits per heavy atom. The first-order valence-corrected chi connectivity index (χ1v) is 6.34. The van der Waals surface area contributed by atoms with Gasteiger partial charge in [-0.3, -0.25) is 0 Å². The van der Waals surface area contributed by atoms with E-state index in [1.807, 2.05) is 18.2 Å². The third kappa shape index (κ3) is 2.62. The number of hydrogen-bond donors (Lipinski definition) is 1. The average Bonchev–Trinajstić information content (AvgIpc) is 2.46. The lowest BCUT2D eigenvalue weighted by atomic mass is 9.91. The third-order valence-electron chi connectivity index (χ3n) is 3.40. The minimum absolute atomic E-state index is 0.316. The second kappa shape index (κ2) is 5.83. The van der Waals surface area contributed by atoms with Gasteiger partial charge in [0.15, 0.2) is 0 Å². The number of benzene rings is 1. The Morgan fingerprint density at radius 1 is 1.39 bits per heavy atom. The number of rotatable bonds is 3. The predicted molar refractivity (Wildman–Crippen MR) is 72.1 cm³/mol. The lowest BCUT2D eigenvalue weighted by Crippen LogP contribution is -2.27. The van der Waals surface area contributed by atoms with Gasteiger partial charge in [-0.25, -0.2) is 4.79 Å². The van der Waals surface area contributed by atoms with Crippen molar-refractivity contribution in [3.05, 3.63) is 42.0 Å². The summed E-state index contributed by atoms with van der Waals surface area (Å²) >= 11 is 0. The fourth-order valence-electron chi connectivity index (χ4n) is 2.43. The van der Waals surface area contributed by atoms with E-state index in [2.05, 4.69) is 18.0 Å². The Hall–Kier alpha value is -1.61. The number of nitrogens with one attached hydrogen (secondary N) is 1.